The second kappa shape index (κ2) is 9.72. The molecule has 4 aliphatic carbocycles. The van der Waals surface area contributed by atoms with Crippen LogP contribution in [-0.4, -0.2) is 16.2 Å². The molecule has 0 radical (unpaired) electrons. The standard InChI is InChI=1S/C32H49NO/c1-22(20-25-10-5-6-19-33-25)8-7-9-23(2)28-13-14-29-27-12-11-24-21-26(34)15-17-31(24,3)30(27)16-18-32(28,29)4/h5-6,10-11,19,22-23,26-30,34H,7-9,12-18,20-21H2,1-4H3/t22?,23?,26-,27-,28+,29-,30-,31-,32+/m0/s1. The molecular formula is C32H49NO. The van der Waals surface area contributed by atoms with E-state index < -0.39 is 0 Å². The van der Waals surface area contributed by atoms with Gasteiger partial charge >= 0.3 is 0 Å². The summed E-state index contributed by atoms with van der Waals surface area (Å²) in [4.78, 5) is 4.53. The van der Waals surface area contributed by atoms with Crippen molar-refractivity contribution in [1.82, 2.24) is 4.98 Å². The lowest BCUT2D eigenvalue weighted by atomic mass is 9.47. The Bertz CT molecular complexity index is 863. The summed E-state index contributed by atoms with van der Waals surface area (Å²) in [6.07, 6.45) is 19.9. The van der Waals surface area contributed by atoms with E-state index in [1.165, 1.54) is 63.5 Å². The van der Waals surface area contributed by atoms with Crippen LogP contribution in [0.25, 0.3) is 0 Å². The molecule has 1 heterocycles. The molecule has 0 aromatic carbocycles. The molecule has 1 aromatic heterocycles. The number of rotatable bonds is 7. The number of hydrogen-bond acceptors (Lipinski definition) is 2. The van der Waals surface area contributed by atoms with Gasteiger partial charge in [0.2, 0.25) is 0 Å². The van der Waals surface area contributed by atoms with Crippen LogP contribution in [0.4, 0.5) is 0 Å². The number of aromatic nitrogens is 1. The van der Waals surface area contributed by atoms with E-state index in [4.69, 9.17) is 0 Å². The molecule has 4 aliphatic rings. The van der Waals surface area contributed by atoms with Crippen LogP contribution >= 0.6 is 0 Å². The Morgan fingerprint density at radius 1 is 1.03 bits per heavy atom. The third-order valence-corrected chi connectivity index (χ3v) is 11.5. The Morgan fingerprint density at radius 2 is 1.88 bits per heavy atom. The molecule has 0 spiro atoms. The van der Waals surface area contributed by atoms with Crippen molar-refractivity contribution in [3.8, 4) is 0 Å². The summed E-state index contributed by atoms with van der Waals surface area (Å²) >= 11 is 0. The van der Waals surface area contributed by atoms with Gasteiger partial charge in [0.1, 0.15) is 0 Å². The highest BCUT2D eigenvalue weighted by atomic mass is 16.3. The highest BCUT2D eigenvalue weighted by Gasteiger charge is 2.59. The van der Waals surface area contributed by atoms with Crippen molar-refractivity contribution in [2.75, 3.05) is 0 Å². The van der Waals surface area contributed by atoms with Crippen LogP contribution in [0, 0.1) is 46.3 Å². The second-order valence-electron chi connectivity index (χ2n) is 13.4. The first kappa shape index (κ1) is 24.5. The summed E-state index contributed by atoms with van der Waals surface area (Å²) in [6, 6.07) is 6.30. The molecule has 1 aromatic rings. The summed E-state index contributed by atoms with van der Waals surface area (Å²) in [5.74, 6) is 5.16. The zero-order valence-electron chi connectivity index (χ0n) is 22.3. The van der Waals surface area contributed by atoms with E-state index in [2.05, 4.69) is 50.9 Å². The monoisotopic (exact) mass is 463 g/mol. The number of allylic oxidation sites excluding steroid dienone is 1. The van der Waals surface area contributed by atoms with Gasteiger partial charge in [0.05, 0.1) is 6.10 Å². The molecule has 34 heavy (non-hydrogen) atoms. The van der Waals surface area contributed by atoms with E-state index in [1.807, 2.05) is 12.3 Å². The van der Waals surface area contributed by atoms with Gasteiger partial charge in [-0.15, -0.1) is 0 Å². The van der Waals surface area contributed by atoms with Crippen LogP contribution in [0.15, 0.2) is 36.0 Å². The molecule has 5 rings (SSSR count). The van der Waals surface area contributed by atoms with Crippen LogP contribution in [0.5, 0.6) is 0 Å². The largest absolute Gasteiger partial charge is 0.393 e. The van der Waals surface area contributed by atoms with Gasteiger partial charge in [-0.05, 0) is 116 Å². The number of nitrogens with zero attached hydrogens (tertiary/aromatic N) is 1. The molecule has 0 aliphatic heterocycles. The number of hydrogen-bond donors (Lipinski definition) is 1. The van der Waals surface area contributed by atoms with Gasteiger partial charge in [0.25, 0.3) is 0 Å². The highest BCUT2D eigenvalue weighted by molar-refractivity contribution is 5.25. The molecule has 3 saturated carbocycles. The lowest BCUT2D eigenvalue weighted by Crippen LogP contribution is -2.50. The molecule has 0 saturated heterocycles. The van der Waals surface area contributed by atoms with E-state index in [0.29, 0.717) is 10.8 Å². The molecule has 0 amide bonds. The van der Waals surface area contributed by atoms with Gasteiger partial charge in [-0.3, -0.25) is 4.98 Å². The zero-order valence-corrected chi connectivity index (χ0v) is 22.3. The molecule has 2 unspecified atom stereocenters. The highest BCUT2D eigenvalue weighted by Crippen LogP contribution is 2.67. The fourth-order valence-corrected chi connectivity index (χ4v) is 9.58. The minimum absolute atomic E-state index is 0.0897. The molecular weight excluding hydrogens is 414 g/mol. The molecule has 2 nitrogen and oxygen atoms in total. The summed E-state index contributed by atoms with van der Waals surface area (Å²) in [6.45, 7) is 10.2. The summed E-state index contributed by atoms with van der Waals surface area (Å²) in [5, 5.41) is 10.3. The van der Waals surface area contributed by atoms with Gasteiger partial charge in [0.15, 0.2) is 0 Å². The number of aliphatic hydroxyl groups excluding tert-OH is 1. The van der Waals surface area contributed by atoms with Gasteiger partial charge in [-0.1, -0.05) is 64.7 Å². The van der Waals surface area contributed by atoms with E-state index in [1.54, 1.807) is 5.57 Å². The van der Waals surface area contributed by atoms with E-state index in [-0.39, 0.29) is 6.10 Å². The van der Waals surface area contributed by atoms with Gasteiger partial charge in [-0.2, -0.15) is 0 Å². The lowest BCUT2D eigenvalue weighted by molar-refractivity contribution is -0.0573. The van der Waals surface area contributed by atoms with Crippen molar-refractivity contribution in [3.05, 3.63) is 41.7 Å². The SMILES string of the molecule is CC(CCCC(C)[C@H]1CC[C@H]2[C@@H]3CC=C4C[C@@H](O)CC[C@]4(C)[C@H]3CC[C@]12C)Cc1ccccn1. The average Bonchev–Trinajstić information content (AvgIpc) is 3.17. The Labute approximate surface area is 209 Å². The van der Waals surface area contributed by atoms with Crippen LogP contribution in [0.3, 0.4) is 0 Å². The predicted octanol–water partition coefficient (Wildman–Crippen LogP) is 8.01. The van der Waals surface area contributed by atoms with Crippen LogP contribution < -0.4 is 0 Å². The van der Waals surface area contributed by atoms with E-state index in [0.717, 1.165) is 54.8 Å². The topological polar surface area (TPSA) is 33.1 Å². The van der Waals surface area contributed by atoms with Gasteiger partial charge in [0, 0.05) is 11.9 Å². The summed E-state index contributed by atoms with van der Waals surface area (Å²) < 4.78 is 0. The number of aliphatic hydroxyl groups is 1. The van der Waals surface area contributed by atoms with Gasteiger partial charge in [-0.25, -0.2) is 0 Å². The van der Waals surface area contributed by atoms with Crippen molar-refractivity contribution < 1.29 is 5.11 Å². The average molecular weight is 464 g/mol. The van der Waals surface area contributed by atoms with Crippen LogP contribution in [-0.2, 0) is 6.42 Å². The smallest absolute Gasteiger partial charge is 0.0577 e. The zero-order chi connectivity index (χ0) is 23.9. The van der Waals surface area contributed by atoms with E-state index >= 15 is 0 Å². The minimum atomic E-state index is -0.0897. The Balaban J connectivity index is 1.19. The Kier molecular flexibility index (Phi) is 7.01. The molecule has 1 N–H and O–H groups in total. The molecule has 2 heteroatoms. The van der Waals surface area contributed by atoms with Crippen LogP contribution in [0.2, 0.25) is 0 Å². The van der Waals surface area contributed by atoms with Gasteiger partial charge < -0.3 is 5.11 Å². The normalized spacial score (nSPS) is 41.1. The maximum absolute atomic E-state index is 10.3. The van der Waals surface area contributed by atoms with Crippen molar-refractivity contribution in [3.63, 3.8) is 0 Å². The van der Waals surface area contributed by atoms with Crippen molar-refractivity contribution in [2.24, 2.45) is 46.3 Å². The Hall–Kier alpha value is -1.15. The predicted molar refractivity (Wildman–Crippen MR) is 141 cm³/mol. The fourth-order valence-electron chi connectivity index (χ4n) is 9.58. The number of pyridine rings is 1. The Morgan fingerprint density at radius 3 is 2.68 bits per heavy atom. The van der Waals surface area contributed by atoms with Crippen molar-refractivity contribution in [2.45, 2.75) is 111 Å². The lowest BCUT2D eigenvalue weighted by Gasteiger charge is -2.58. The third kappa shape index (κ3) is 4.42. The quantitative estimate of drug-likeness (QED) is 0.415. The molecule has 9 atom stereocenters. The first-order valence-corrected chi connectivity index (χ1v) is 14.6. The molecule has 188 valence electrons. The fraction of sp³-hybridized carbons (Fsp3) is 0.781. The third-order valence-electron chi connectivity index (χ3n) is 11.5. The summed E-state index contributed by atoms with van der Waals surface area (Å²) in [7, 11) is 0. The summed E-state index contributed by atoms with van der Waals surface area (Å²) in [5.41, 5.74) is 3.78. The van der Waals surface area contributed by atoms with Crippen molar-refractivity contribution >= 4 is 0 Å². The first-order chi connectivity index (χ1) is 16.3. The molecule has 3 fully saturated rings. The van der Waals surface area contributed by atoms with Crippen molar-refractivity contribution in [1.29, 1.82) is 0 Å². The first-order valence-electron chi connectivity index (χ1n) is 14.6. The van der Waals surface area contributed by atoms with Crippen LogP contribution in [0.1, 0.15) is 104 Å². The minimum Gasteiger partial charge on any atom is -0.393 e. The maximum atomic E-state index is 10.3. The second-order valence-corrected chi connectivity index (χ2v) is 13.4. The number of fused-ring (bicyclic) bond motifs is 5. The molecule has 0 bridgehead atoms. The maximum Gasteiger partial charge on any atom is 0.0577 e. The van der Waals surface area contributed by atoms with E-state index in [9.17, 15) is 5.11 Å².